The van der Waals surface area contributed by atoms with E-state index in [1.165, 1.54) is 39.0 Å². The molecular formula is C24H30N4O+2. The summed E-state index contributed by atoms with van der Waals surface area (Å²) in [6.07, 6.45) is 2.75. The Kier molecular flexibility index (Phi) is 6.24. The standard InChI is InChI=1S/C24H28N4O/c25-19-20-7-1-2-8-21(20)22-9-3-4-10-23(22)24(29)28-17-15-27(16-18-28)14-13-26-11-5-6-12-26/h1-4,7-10H,5-6,11-18H2/p+2. The lowest BCUT2D eigenvalue weighted by molar-refractivity contribution is -0.954. The molecule has 1 amide bonds. The van der Waals surface area contributed by atoms with Crippen LogP contribution in [0, 0.1) is 11.3 Å². The van der Waals surface area contributed by atoms with Crippen LogP contribution in [0.3, 0.4) is 0 Å². The Hall–Kier alpha value is -2.68. The van der Waals surface area contributed by atoms with Gasteiger partial charge in [-0.3, -0.25) is 4.79 Å². The van der Waals surface area contributed by atoms with Crippen molar-refractivity contribution >= 4 is 5.91 Å². The molecule has 2 heterocycles. The zero-order valence-electron chi connectivity index (χ0n) is 17.0. The van der Waals surface area contributed by atoms with Crippen LogP contribution in [0.1, 0.15) is 28.8 Å². The Morgan fingerprint density at radius 1 is 0.862 bits per heavy atom. The van der Waals surface area contributed by atoms with Gasteiger partial charge in [0.2, 0.25) is 0 Å². The van der Waals surface area contributed by atoms with Crippen LogP contribution in [0.2, 0.25) is 0 Å². The molecule has 2 fully saturated rings. The zero-order valence-corrected chi connectivity index (χ0v) is 17.0. The van der Waals surface area contributed by atoms with Crippen molar-refractivity contribution in [1.82, 2.24) is 4.90 Å². The number of nitriles is 1. The van der Waals surface area contributed by atoms with Gasteiger partial charge in [-0.2, -0.15) is 5.26 Å². The predicted octanol–water partition coefficient (Wildman–Crippen LogP) is 0.245. The summed E-state index contributed by atoms with van der Waals surface area (Å²) in [6.45, 7) is 8.79. The first-order valence-corrected chi connectivity index (χ1v) is 10.8. The van der Waals surface area contributed by atoms with Crippen LogP contribution < -0.4 is 9.80 Å². The summed E-state index contributed by atoms with van der Waals surface area (Å²) in [5.41, 5.74) is 2.98. The third-order valence-electron chi connectivity index (χ3n) is 6.40. The van der Waals surface area contributed by atoms with E-state index in [9.17, 15) is 10.1 Å². The summed E-state index contributed by atoms with van der Waals surface area (Å²) < 4.78 is 0. The molecule has 5 heteroatoms. The third kappa shape index (κ3) is 4.50. The smallest absolute Gasteiger partial charge is 0.254 e. The van der Waals surface area contributed by atoms with Crippen molar-refractivity contribution in [2.75, 3.05) is 52.4 Å². The highest BCUT2D eigenvalue weighted by atomic mass is 16.2. The number of nitrogens with one attached hydrogen (secondary N) is 2. The number of quaternary nitrogens is 2. The Labute approximate surface area is 173 Å². The lowest BCUT2D eigenvalue weighted by Crippen LogP contribution is -3.21. The van der Waals surface area contributed by atoms with Gasteiger partial charge < -0.3 is 14.7 Å². The van der Waals surface area contributed by atoms with E-state index in [0.717, 1.165) is 37.3 Å². The van der Waals surface area contributed by atoms with Gasteiger partial charge in [0.1, 0.15) is 13.1 Å². The Balaban J connectivity index is 1.42. The van der Waals surface area contributed by atoms with Crippen LogP contribution >= 0.6 is 0 Å². The van der Waals surface area contributed by atoms with E-state index in [0.29, 0.717) is 11.1 Å². The largest absolute Gasteiger partial charge is 0.330 e. The van der Waals surface area contributed by atoms with E-state index in [-0.39, 0.29) is 5.91 Å². The highest BCUT2D eigenvalue weighted by Crippen LogP contribution is 2.27. The van der Waals surface area contributed by atoms with Crippen molar-refractivity contribution in [3.8, 4) is 17.2 Å². The van der Waals surface area contributed by atoms with Gasteiger partial charge in [0, 0.05) is 24.0 Å². The molecule has 2 aliphatic rings. The van der Waals surface area contributed by atoms with Crippen LogP contribution in [-0.4, -0.2) is 63.2 Å². The molecule has 0 saturated carbocycles. The molecule has 2 aliphatic heterocycles. The molecule has 2 saturated heterocycles. The fourth-order valence-corrected chi connectivity index (χ4v) is 4.64. The maximum Gasteiger partial charge on any atom is 0.254 e. The number of carbonyl (C=O) groups is 1. The van der Waals surface area contributed by atoms with E-state index in [2.05, 4.69) is 6.07 Å². The van der Waals surface area contributed by atoms with Crippen LogP contribution in [0.5, 0.6) is 0 Å². The van der Waals surface area contributed by atoms with Crippen LogP contribution in [0.15, 0.2) is 48.5 Å². The minimum Gasteiger partial charge on any atom is -0.330 e. The first kappa shape index (κ1) is 19.6. The molecule has 0 radical (unpaired) electrons. The van der Waals surface area contributed by atoms with Gasteiger partial charge in [-0.25, -0.2) is 0 Å². The van der Waals surface area contributed by atoms with Crippen molar-refractivity contribution in [2.45, 2.75) is 12.8 Å². The molecule has 4 rings (SSSR count). The Morgan fingerprint density at radius 3 is 2.14 bits per heavy atom. The van der Waals surface area contributed by atoms with Gasteiger partial charge in [0.05, 0.1) is 50.9 Å². The zero-order chi connectivity index (χ0) is 20.1. The van der Waals surface area contributed by atoms with E-state index in [1.807, 2.05) is 47.4 Å². The highest BCUT2D eigenvalue weighted by molar-refractivity contribution is 6.01. The summed E-state index contributed by atoms with van der Waals surface area (Å²) >= 11 is 0. The molecule has 0 atom stereocenters. The normalized spacial score (nSPS) is 18.0. The summed E-state index contributed by atoms with van der Waals surface area (Å²) in [4.78, 5) is 18.7. The van der Waals surface area contributed by atoms with Crippen molar-refractivity contribution in [1.29, 1.82) is 5.26 Å². The van der Waals surface area contributed by atoms with Gasteiger partial charge >= 0.3 is 0 Å². The molecule has 0 aromatic heterocycles. The first-order chi connectivity index (χ1) is 14.3. The molecule has 2 aromatic rings. The van der Waals surface area contributed by atoms with Crippen molar-refractivity contribution in [2.24, 2.45) is 0 Å². The van der Waals surface area contributed by atoms with Gasteiger partial charge in [0.15, 0.2) is 0 Å². The molecule has 5 nitrogen and oxygen atoms in total. The first-order valence-electron chi connectivity index (χ1n) is 10.8. The molecule has 29 heavy (non-hydrogen) atoms. The molecule has 0 bridgehead atoms. The van der Waals surface area contributed by atoms with Crippen molar-refractivity contribution in [3.05, 3.63) is 59.7 Å². The van der Waals surface area contributed by atoms with Crippen molar-refractivity contribution in [3.63, 3.8) is 0 Å². The number of hydrogen-bond acceptors (Lipinski definition) is 2. The second kappa shape index (κ2) is 9.21. The average Bonchev–Trinajstić information content (AvgIpc) is 3.31. The maximum absolute atomic E-state index is 13.3. The van der Waals surface area contributed by atoms with Crippen molar-refractivity contribution < 1.29 is 14.6 Å². The number of hydrogen-bond donors (Lipinski definition) is 2. The predicted molar refractivity (Wildman–Crippen MR) is 113 cm³/mol. The van der Waals surface area contributed by atoms with Gasteiger partial charge in [0.25, 0.3) is 5.91 Å². The number of piperazine rings is 1. The quantitative estimate of drug-likeness (QED) is 0.769. The van der Waals surface area contributed by atoms with E-state index in [1.54, 1.807) is 15.9 Å². The third-order valence-corrected chi connectivity index (χ3v) is 6.40. The molecular weight excluding hydrogens is 360 g/mol. The molecule has 0 spiro atoms. The number of nitrogens with zero attached hydrogens (tertiary/aromatic N) is 2. The summed E-state index contributed by atoms with van der Waals surface area (Å²) in [5.74, 6) is 0.0811. The number of likely N-dealkylation sites (tertiary alicyclic amines) is 1. The molecule has 2 N–H and O–H groups in total. The Morgan fingerprint density at radius 2 is 1.45 bits per heavy atom. The minimum atomic E-state index is 0.0811. The number of amides is 1. The van der Waals surface area contributed by atoms with Gasteiger partial charge in [-0.05, 0) is 17.7 Å². The van der Waals surface area contributed by atoms with E-state index < -0.39 is 0 Å². The van der Waals surface area contributed by atoms with E-state index in [4.69, 9.17) is 0 Å². The summed E-state index contributed by atoms with van der Waals surface area (Å²) in [6, 6.07) is 17.4. The highest BCUT2D eigenvalue weighted by Gasteiger charge is 2.27. The number of carbonyl (C=O) groups excluding carboxylic acids is 1. The fourth-order valence-electron chi connectivity index (χ4n) is 4.64. The molecule has 150 valence electrons. The second-order valence-electron chi connectivity index (χ2n) is 8.20. The van der Waals surface area contributed by atoms with Gasteiger partial charge in [-0.15, -0.1) is 0 Å². The van der Waals surface area contributed by atoms with Gasteiger partial charge in [-0.1, -0.05) is 36.4 Å². The van der Waals surface area contributed by atoms with Crippen LogP contribution in [0.4, 0.5) is 0 Å². The fraction of sp³-hybridized carbons (Fsp3) is 0.417. The second-order valence-corrected chi connectivity index (χ2v) is 8.20. The number of rotatable bonds is 5. The summed E-state index contributed by atoms with van der Waals surface area (Å²) in [5, 5.41) is 9.47. The van der Waals surface area contributed by atoms with Crippen LogP contribution in [-0.2, 0) is 0 Å². The SMILES string of the molecule is N#Cc1ccccc1-c1ccccc1C(=O)N1CC[NH+](CC[NH+]2CCCC2)CC1. The lowest BCUT2D eigenvalue weighted by atomic mass is 9.95. The topological polar surface area (TPSA) is 53.0 Å². The van der Waals surface area contributed by atoms with E-state index >= 15 is 0 Å². The monoisotopic (exact) mass is 390 g/mol. The molecule has 2 aromatic carbocycles. The minimum absolute atomic E-state index is 0.0811. The molecule has 0 aliphatic carbocycles. The summed E-state index contributed by atoms with van der Waals surface area (Å²) in [7, 11) is 0. The average molecular weight is 391 g/mol. The Bertz CT molecular complexity index is 890. The lowest BCUT2D eigenvalue weighted by Gasteiger charge is -2.33. The molecule has 0 unspecified atom stereocenters. The number of benzene rings is 2. The maximum atomic E-state index is 13.3. The van der Waals surface area contributed by atoms with Crippen LogP contribution in [0.25, 0.3) is 11.1 Å².